The fourth-order valence-electron chi connectivity index (χ4n) is 2.80. The molecule has 0 fully saturated rings. The number of thioether (sulfide) groups is 1. The van der Waals surface area contributed by atoms with Gasteiger partial charge in [-0.15, -0.1) is 16.4 Å². The highest BCUT2D eigenvalue weighted by Gasteiger charge is 2.14. The van der Waals surface area contributed by atoms with Crippen molar-refractivity contribution in [3.8, 4) is 27.8 Å². The Morgan fingerprint density at radius 2 is 2.00 bits per heavy atom. The highest BCUT2D eigenvalue weighted by Crippen LogP contribution is 2.35. The molecule has 4 aromatic rings. The monoisotopic (exact) mass is 425 g/mol. The van der Waals surface area contributed by atoms with Crippen molar-refractivity contribution in [2.75, 3.05) is 14.2 Å². The molecular formula is C20H19N5O2S2. The van der Waals surface area contributed by atoms with Gasteiger partial charge in [0.25, 0.3) is 0 Å². The summed E-state index contributed by atoms with van der Waals surface area (Å²) in [5.74, 6) is 2.16. The maximum absolute atomic E-state index is 5.50. The first-order valence-corrected chi connectivity index (χ1v) is 10.7. The fourth-order valence-corrected chi connectivity index (χ4v) is 4.54. The molecule has 0 aliphatic heterocycles. The lowest BCUT2D eigenvalue weighted by Gasteiger charge is -2.08. The predicted octanol–water partition coefficient (Wildman–Crippen LogP) is 4.40. The van der Waals surface area contributed by atoms with Crippen LogP contribution in [-0.4, -0.2) is 39.4 Å². The predicted molar refractivity (Wildman–Crippen MR) is 114 cm³/mol. The summed E-state index contributed by atoms with van der Waals surface area (Å²) in [7, 11) is 3.28. The third-order valence-corrected chi connectivity index (χ3v) is 6.10. The van der Waals surface area contributed by atoms with Crippen LogP contribution < -0.4 is 9.47 Å². The fraction of sp³-hybridized carbons (Fsp3) is 0.200. The van der Waals surface area contributed by atoms with E-state index in [1.165, 1.54) is 0 Å². The number of aryl methyl sites for hydroxylation is 1. The molecular weight excluding hydrogens is 406 g/mol. The summed E-state index contributed by atoms with van der Waals surface area (Å²) in [5.41, 5.74) is 4.01. The largest absolute Gasteiger partial charge is 0.497 e. The molecule has 4 rings (SSSR count). The molecule has 0 N–H and O–H groups in total. The minimum absolute atomic E-state index is 0.668. The van der Waals surface area contributed by atoms with E-state index in [2.05, 4.69) is 21.6 Å². The average Bonchev–Trinajstić information content (AvgIpc) is 3.41. The van der Waals surface area contributed by atoms with Gasteiger partial charge in [-0.25, -0.2) is 4.98 Å². The molecule has 29 heavy (non-hydrogen) atoms. The van der Waals surface area contributed by atoms with Crippen LogP contribution in [0.2, 0.25) is 0 Å². The zero-order valence-electron chi connectivity index (χ0n) is 16.2. The molecule has 2 aromatic heterocycles. The van der Waals surface area contributed by atoms with Crippen LogP contribution in [0.5, 0.6) is 11.5 Å². The van der Waals surface area contributed by atoms with E-state index in [4.69, 9.17) is 14.5 Å². The molecule has 0 bridgehead atoms. The van der Waals surface area contributed by atoms with E-state index in [-0.39, 0.29) is 0 Å². The minimum atomic E-state index is 0.668. The quantitative estimate of drug-likeness (QED) is 0.406. The highest BCUT2D eigenvalue weighted by molar-refractivity contribution is 7.98. The molecule has 0 saturated carbocycles. The lowest BCUT2D eigenvalue weighted by Crippen LogP contribution is -1.99. The number of rotatable bonds is 7. The number of thiazole rings is 1. The second-order valence-corrected chi connectivity index (χ2v) is 8.01. The summed E-state index contributed by atoms with van der Waals surface area (Å²) in [6, 6.07) is 13.8. The van der Waals surface area contributed by atoms with E-state index >= 15 is 0 Å². The van der Waals surface area contributed by atoms with Crippen molar-refractivity contribution in [1.82, 2.24) is 25.2 Å². The van der Waals surface area contributed by atoms with Gasteiger partial charge in [0.2, 0.25) is 5.16 Å². The van der Waals surface area contributed by atoms with Gasteiger partial charge in [0, 0.05) is 17.2 Å². The summed E-state index contributed by atoms with van der Waals surface area (Å²) in [5, 5.41) is 15.8. The maximum atomic E-state index is 5.50. The summed E-state index contributed by atoms with van der Waals surface area (Å²) in [6.45, 7) is 2.05. The van der Waals surface area contributed by atoms with E-state index in [1.54, 1.807) is 42.0 Å². The molecule has 0 aliphatic carbocycles. The van der Waals surface area contributed by atoms with Crippen LogP contribution in [0.25, 0.3) is 16.3 Å². The second kappa shape index (κ2) is 8.62. The number of nitrogens with zero attached hydrogens (tertiary/aromatic N) is 5. The van der Waals surface area contributed by atoms with Crippen molar-refractivity contribution >= 4 is 23.1 Å². The van der Waals surface area contributed by atoms with Crippen molar-refractivity contribution in [3.05, 3.63) is 59.1 Å². The van der Waals surface area contributed by atoms with Gasteiger partial charge >= 0.3 is 0 Å². The number of hydrogen-bond donors (Lipinski definition) is 0. The molecule has 0 atom stereocenters. The minimum Gasteiger partial charge on any atom is -0.497 e. The zero-order valence-corrected chi connectivity index (χ0v) is 17.8. The molecule has 148 valence electrons. The number of hydrogen-bond acceptors (Lipinski definition) is 8. The van der Waals surface area contributed by atoms with Crippen molar-refractivity contribution in [3.63, 3.8) is 0 Å². The summed E-state index contributed by atoms with van der Waals surface area (Å²) in [4.78, 5) is 4.76. The van der Waals surface area contributed by atoms with Gasteiger partial charge in [-0.3, -0.25) is 0 Å². The van der Waals surface area contributed by atoms with Gasteiger partial charge in [0.15, 0.2) is 0 Å². The Balaban J connectivity index is 1.51. The molecule has 2 aromatic carbocycles. The van der Waals surface area contributed by atoms with Gasteiger partial charge in [-0.1, -0.05) is 23.9 Å². The maximum Gasteiger partial charge on any atom is 0.214 e. The Kier molecular flexibility index (Phi) is 5.77. The first-order chi connectivity index (χ1) is 14.2. The molecule has 0 aliphatic rings. The zero-order chi connectivity index (χ0) is 20.2. The van der Waals surface area contributed by atoms with E-state index < -0.39 is 0 Å². The van der Waals surface area contributed by atoms with Gasteiger partial charge in [0.05, 0.1) is 31.2 Å². The molecule has 9 heteroatoms. The average molecular weight is 426 g/mol. The van der Waals surface area contributed by atoms with E-state index in [1.807, 2.05) is 48.7 Å². The molecule has 0 unspecified atom stereocenters. The number of methoxy groups -OCH3 is 2. The summed E-state index contributed by atoms with van der Waals surface area (Å²) >= 11 is 3.13. The smallest absolute Gasteiger partial charge is 0.214 e. The second-order valence-electron chi connectivity index (χ2n) is 6.21. The molecule has 0 radical (unpaired) electrons. The third kappa shape index (κ3) is 4.25. The number of tetrazole rings is 1. The van der Waals surface area contributed by atoms with Crippen molar-refractivity contribution < 1.29 is 9.47 Å². The Morgan fingerprint density at radius 3 is 2.79 bits per heavy atom. The van der Waals surface area contributed by atoms with Crippen LogP contribution in [0.15, 0.2) is 53.0 Å². The molecule has 7 nitrogen and oxygen atoms in total. The van der Waals surface area contributed by atoms with Crippen molar-refractivity contribution in [2.45, 2.75) is 17.8 Å². The molecule has 0 spiro atoms. The lowest BCUT2D eigenvalue weighted by molar-refractivity contribution is 0.395. The standard InChI is InChI=1S/C20H19N5O2S2/c1-13-5-4-6-15(9-13)25-20(22-23-24-25)29-12-14-11-28-19(21-14)17-8-7-16(26-2)10-18(17)27-3/h4-11H,12H2,1-3H3. The van der Waals surface area contributed by atoms with Crippen LogP contribution in [0.1, 0.15) is 11.3 Å². The van der Waals surface area contributed by atoms with Crippen LogP contribution in [0, 0.1) is 6.92 Å². The Morgan fingerprint density at radius 1 is 1.10 bits per heavy atom. The van der Waals surface area contributed by atoms with Gasteiger partial charge in [-0.05, 0) is 47.2 Å². The lowest BCUT2D eigenvalue weighted by atomic mass is 10.2. The Labute approximate surface area is 176 Å². The highest BCUT2D eigenvalue weighted by atomic mass is 32.2. The van der Waals surface area contributed by atoms with Crippen molar-refractivity contribution in [1.29, 1.82) is 0 Å². The normalized spacial score (nSPS) is 10.9. The number of ether oxygens (including phenoxy) is 2. The van der Waals surface area contributed by atoms with Gasteiger partial charge in [-0.2, -0.15) is 4.68 Å². The van der Waals surface area contributed by atoms with E-state index in [0.29, 0.717) is 5.75 Å². The van der Waals surface area contributed by atoms with E-state index in [9.17, 15) is 0 Å². The van der Waals surface area contributed by atoms with Gasteiger partial charge < -0.3 is 9.47 Å². The topological polar surface area (TPSA) is 75.0 Å². The third-order valence-electron chi connectivity index (χ3n) is 4.23. The Hall–Kier alpha value is -2.91. The summed E-state index contributed by atoms with van der Waals surface area (Å²) in [6.07, 6.45) is 0. The van der Waals surface area contributed by atoms with Crippen LogP contribution in [-0.2, 0) is 5.75 Å². The SMILES string of the molecule is COc1ccc(-c2nc(CSc3nnnn3-c3cccc(C)c3)cs2)c(OC)c1. The summed E-state index contributed by atoms with van der Waals surface area (Å²) < 4.78 is 12.5. The van der Waals surface area contributed by atoms with Gasteiger partial charge in [0.1, 0.15) is 16.5 Å². The van der Waals surface area contributed by atoms with E-state index in [0.717, 1.165) is 44.2 Å². The number of benzene rings is 2. The van der Waals surface area contributed by atoms with Crippen molar-refractivity contribution in [2.24, 2.45) is 0 Å². The van der Waals surface area contributed by atoms with Crippen LogP contribution in [0.4, 0.5) is 0 Å². The van der Waals surface area contributed by atoms with Crippen LogP contribution >= 0.6 is 23.1 Å². The molecule has 2 heterocycles. The Bertz CT molecular complexity index is 1130. The molecule has 0 amide bonds. The van der Waals surface area contributed by atoms with Crippen LogP contribution in [0.3, 0.4) is 0 Å². The number of aromatic nitrogens is 5. The first-order valence-electron chi connectivity index (χ1n) is 8.83. The molecule has 0 saturated heterocycles. The first kappa shape index (κ1) is 19.4.